The average molecular weight is 412 g/mol. The Morgan fingerprint density at radius 3 is 1.77 bits per heavy atom. The summed E-state index contributed by atoms with van der Waals surface area (Å²) in [5, 5.41) is 0. The van der Waals surface area contributed by atoms with Crippen LogP contribution in [0.5, 0.6) is 0 Å². The minimum Gasteiger partial charge on any atom is -0.230 e. The second kappa shape index (κ2) is 16.2. The molecule has 0 unspecified atom stereocenters. The number of aryl methyl sites for hydroxylation is 2. The van der Waals surface area contributed by atoms with Crippen molar-refractivity contribution in [2.45, 2.75) is 123 Å². The van der Waals surface area contributed by atoms with E-state index in [0.717, 1.165) is 13.1 Å². The van der Waals surface area contributed by atoms with Crippen molar-refractivity contribution in [1.82, 2.24) is 4.57 Å². The maximum atomic E-state index is 2.49. The van der Waals surface area contributed by atoms with Crippen LogP contribution in [0.4, 0.5) is 0 Å². The summed E-state index contributed by atoms with van der Waals surface area (Å²) in [6, 6.07) is 11.0. The second-order valence-corrected chi connectivity index (χ2v) is 8.97. The Morgan fingerprint density at radius 2 is 1.17 bits per heavy atom. The summed E-state index contributed by atoms with van der Waals surface area (Å²) in [6.45, 7) is 6.87. The maximum absolute atomic E-state index is 2.49. The van der Waals surface area contributed by atoms with Crippen LogP contribution in [0.1, 0.15) is 110 Å². The molecule has 0 N–H and O–H groups in total. The van der Waals surface area contributed by atoms with Crippen molar-refractivity contribution in [2.24, 2.45) is 0 Å². The lowest BCUT2D eigenvalue weighted by Gasteiger charge is -2.06. The predicted molar refractivity (Wildman–Crippen MR) is 131 cm³/mol. The van der Waals surface area contributed by atoms with Crippen molar-refractivity contribution in [1.29, 1.82) is 0 Å². The molecule has 2 nitrogen and oxygen atoms in total. The van der Waals surface area contributed by atoms with E-state index in [1.807, 2.05) is 0 Å². The molecule has 0 radical (unpaired) electrons. The van der Waals surface area contributed by atoms with E-state index in [4.69, 9.17) is 0 Å². The van der Waals surface area contributed by atoms with Crippen molar-refractivity contribution in [3.63, 3.8) is 0 Å². The summed E-state index contributed by atoms with van der Waals surface area (Å²) in [7, 11) is 0. The molecule has 1 aromatic heterocycles. The van der Waals surface area contributed by atoms with E-state index in [-0.39, 0.29) is 0 Å². The lowest BCUT2D eigenvalue weighted by Crippen LogP contribution is -2.34. The summed E-state index contributed by atoms with van der Waals surface area (Å²) in [4.78, 5) is 0. The number of imidazole rings is 1. The molecule has 0 saturated heterocycles. The van der Waals surface area contributed by atoms with E-state index >= 15 is 0 Å². The Hall–Kier alpha value is -1.57. The molecule has 2 rings (SSSR count). The van der Waals surface area contributed by atoms with Gasteiger partial charge in [0.05, 0.1) is 18.7 Å². The van der Waals surface area contributed by atoms with E-state index in [1.54, 1.807) is 0 Å². The summed E-state index contributed by atoms with van der Waals surface area (Å²) in [5.74, 6) is 1.39. The molecule has 1 aromatic carbocycles. The van der Waals surface area contributed by atoms with Crippen LogP contribution in [0.2, 0.25) is 0 Å². The molecule has 2 aromatic rings. The molecule has 0 aliphatic heterocycles. The number of hydrogen-bond acceptors (Lipinski definition) is 0. The summed E-state index contributed by atoms with van der Waals surface area (Å²) in [5.41, 5.74) is 1.35. The van der Waals surface area contributed by atoms with Crippen molar-refractivity contribution in [3.05, 3.63) is 42.7 Å². The van der Waals surface area contributed by atoms with Gasteiger partial charge in [0.25, 0.3) is 5.82 Å². The van der Waals surface area contributed by atoms with Gasteiger partial charge >= 0.3 is 0 Å². The molecule has 0 aliphatic rings. The third kappa shape index (κ3) is 9.49. The largest absolute Gasteiger partial charge is 0.288 e. The first-order valence-electron chi connectivity index (χ1n) is 13.0. The van der Waals surface area contributed by atoms with Gasteiger partial charge < -0.3 is 0 Å². The fourth-order valence-electron chi connectivity index (χ4n) is 4.40. The van der Waals surface area contributed by atoms with E-state index < -0.39 is 0 Å². The van der Waals surface area contributed by atoms with Crippen LogP contribution in [-0.4, -0.2) is 4.57 Å². The standard InChI is InChI=1S/C28H47N2/c1-3-5-7-9-11-13-15-20-24-30-26-25-29(23-19-14-12-10-8-6-4-2)28(30)27-21-17-16-18-22-27/h16-18,21-22,25-26H,3-15,19-20,23-24H2,1-2H3/q+1. The molecule has 0 bridgehead atoms. The van der Waals surface area contributed by atoms with Gasteiger partial charge in [-0.1, -0.05) is 103 Å². The van der Waals surface area contributed by atoms with Gasteiger partial charge in [0.15, 0.2) is 0 Å². The Morgan fingerprint density at radius 1 is 0.633 bits per heavy atom. The quantitative estimate of drug-likeness (QED) is 0.172. The highest BCUT2D eigenvalue weighted by atomic mass is 15.1. The lowest BCUT2D eigenvalue weighted by atomic mass is 10.1. The van der Waals surface area contributed by atoms with Gasteiger partial charge in [0.1, 0.15) is 12.4 Å². The van der Waals surface area contributed by atoms with Gasteiger partial charge in [0, 0.05) is 0 Å². The fourth-order valence-corrected chi connectivity index (χ4v) is 4.40. The van der Waals surface area contributed by atoms with Crippen molar-refractivity contribution in [3.8, 4) is 11.4 Å². The van der Waals surface area contributed by atoms with E-state index in [0.29, 0.717) is 0 Å². The summed E-state index contributed by atoms with van der Waals surface area (Å²) < 4.78 is 4.99. The van der Waals surface area contributed by atoms with Crippen molar-refractivity contribution in [2.75, 3.05) is 0 Å². The zero-order valence-electron chi connectivity index (χ0n) is 20.0. The van der Waals surface area contributed by atoms with Crippen LogP contribution in [0.3, 0.4) is 0 Å². The normalized spacial score (nSPS) is 11.3. The van der Waals surface area contributed by atoms with Crippen molar-refractivity contribution >= 4 is 0 Å². The topological polar surface area (TPSA) is 8.81 Å². The first-order chi connectivity index (χ1) is 14.9. The Labute approximate surface area is 186 Å². The molecule has 0 amide bonds. The molecule has 0 atom stereocenters. The van der Waals surface area contributed by atoms with Crippen LogP contribution < -0.4 is 4.57 Å². The Bertz CT molecular complexity index is 644. The number of hydrogen-bond donors (Lipinski definition) is 0. The minimum absolute atomic E-state index is 1.14. The SMILES string of the molecule is CCCCCCCCCC[n+]1ccn(CCCCCCCCC)c1-c1ccccc1. The number of nitrogens with zero attached hydrogens (tertiary/aromatic N) is 2. The molecular weight excluding hydrogens is 364 g/mol. The summed E-state index contributed by atoms with van der Waals surface area (Å²) >= 11 is 0. The highest BCUT2D eigenvalue weighted by Gasteiger charge is 2.18. The molecule has 0 saturated carbocycles. The fraction of sp³-hybridized carbons (Fsp3) is 0.679. The van der Waals surface area contributed by atoms with Gasteiger partial charge in [-0.3, -0.25) is 0 Å². The van der Waals surface area contributed by atoms with E-state index in [9.17, 15) is 0 Å². The number of rotatable bonds is 18. The number of aromatic nitrogens is 2. The highest BCUT2D eigenvalue weighted by Crippen LogP contribution is 2.18. The number of benzene rings is 1. The van der Waals surface area contributed by atoms with Gasteiger partial charge in [-0.15, -0.1) is 0 Å². The maximum Gasteiger partial charge on any atom is 0.288 e. The van der Waals surface area contributed by atoms with Crippen molar-refractivity contribution < 1.29 is 4.57 Å². The molecule has 168 valence electrons. The molecule has 0 spiro atoms. The third-order valence-electron chi connectivity index (χ3n) is 6.26. The molecular formula is C28H47N2+. The molecule has 1 heterocycles. The van der Waals surface area contributed by atoms with E-state index in [2.05, 4.69) is 65.7 Å². The first-order valence-corrected chi connectivity index (χ1v) is 13.0. The minimum atomic E-state index is 1.14. The van der Waals surface area contributed by atoms with Gasteiger partial charge in [-0.2, -0.15) is 0 Å². The highest BCUT2D eigenvalue weighted by molar-refractivity contribution is 5.52. The average Bonchev–Trinajstić information content (AvgIpc) is 3.18. The number of unbranched alkanes of at least 4 members (excludes halogenated alkanes) is 13. The zero-order chi connectivity index (χ0) is 21.3. The van der Waals surface area contributed by atoms with Crippen LogP contribution >= 0.6 is 0 Å². The monoisotopic (exact) mass is 411 g/mol. The third-order valence-corrected chi connectivity index (χ3v) is 6.26. The Kier molecular flexibility index (Phi) is 13.3. The van der Waals surface area contributed by atoms with Crippen LogP contribution in [0.15, 0.2) is 42.7 Å². The Balaban J connectivity index is 1.82. The molecule has 0 aliphatic carbocycles. The van der Waals surface area contributed by atoms with Gasteiger partial charge in [-0.05, 0) is 37.8 Å². The first kappa shape index (κ1) is 24.7. The summed E-state index contributed by atoms with van der Waals surface area (Å²) in [6.07, 6.45) is 25.2. The van der Waals surface area contributed by atoms with Gasteiger partial charge in [0.2, 0.25) is 0 Å². The molecule has 2 heteroatoms. The van der Waals surface area contributed by atoms with E-state index in [1.165, 1.54) is 108 Å². The predicted octanol–water partition coefficient (Wildman–Crippen LogP) is 8.33. The molecule has 0 fully saturated rings. The van der Waals surface area contributed by atoms with Crippen LogP contribution in [0.25, 0.3) is 11.4 Å². The molecule has 30 heavy (non-hydrogen) atoms. The van der Waals surface area contributed by atoms with Crippen LogP contribution in [0, 0.1) is 0 Å². The van der Waals surface area contributed by atoms with Crippen LogP contribution in [-0.2, 0) is 13.1 Å². The second-order valence-electron chi connectivity index (χ2n) is 8.97. The smallest absolute Gasteiger partial charge is 0.230 e. The zero-order valence-corrected chi connectivity index (χ0v) is 20.0. The van der Waals surface area contributed by atoms with Gasteiger partial charge in [-0.25, -0.2) is 9.13 Å². The lowest BCUT2D eigenvalue weighted by molar-refractivity contribution is -0.686.